The molecule has 2 aromatic rings. The Morgan fingerprint density at radius 3 is 2.88 bits per heavy atom. The monoisotopic (exact) mass is 248 g/mol. The van der Waals surface area contributed by atoms with E-state index in [1.807, 2.05) is 29.2 Å². The summed E-state index contributed by atoms with van der Waals surface area (Å²) in [6, 6.07) is 8.27. The Morgan fingerprint density at radius 2 is 2.24 bits per heavy atom. The summed E-state index contributed by atoms with van der Waals surface area (Å²) in [5.74, 6) is -0.795. The smallest absolute Gasteiger partial charge is 0.323 e. The van der Waals surface area contributed by atoms with Gasteiger partial charge in [-0.2, -0.15) is 0 Å². The number of thiazole rings is 1. The number of hydrogen-bond donors (Lipinski definition) is 1. The molecule has 0 unspecified atom stereocenters. The summed E-state index contributed by atoms with van der Waals surface area (Å²) in [5.41, 5.74) is 0.948. The zero-order chi connectivity index (χ0) is 11.8. The van der Waals surface area contributed by atoms with Crippen molar-refractivity contribution in [2.24, 2.45) is 0 Å². The van der Waals surface area contributed by atoms with Gasteiger partial charge in [-0.15, -0.1) is 0 Å². The largest absolute Gasteiger partial charge is 0.480 e. The van der Waals surface area contributed by atoms with Crippen molar-refractivity contribution >= 4 is 32.7 Å². The van der Waals surface area contributed by atoms with E-state index in [-0.39, 0.29) is 6.54 Å². The Bertz CT molecular complexity index is 529. The van der Waals surface area contributed by atoms with Crippen LogP contribution in [0.4, 0.5) is 5.13 Å². The number of fused-ring (bicyclic) bond motifs is 1. The van der Waals surface area contributed by atoms with Crippen molar-refractivity contribution in [3.05, 3.63) is 24.3 Å². The third kappa shape index (κ3) is 2.10. The van der Waals surface area contributed by atoms with Crippen molar-refractivity contribution < 1.29 is 9.90 Å². The van der Waals surface area contributed by atoms with Gasteiger partial charge in [0.2, 0.25) is 0 Å². The fourth-order valence-electron chi connectivity index (χ4n) is 1.87. The summed E-state index contributed by atoms with van der Waals surface area (Å²) in [6.45, 7) is 0.0461. The minimum absolute atomic E-state index is 0.0461. The molecule has 17 heavy (non-hydrogen) atoms. The molecule has 1 aliphatic rings. The average Bonchev–Trinajstić information content (AvgIpc) is 3.04. The average molecular weight is 248 g/mol. The van der Waals surface area contributed by atoms with E-state index in [1.165, 1.54) is 0 Å². The normalized spacial score (nSPS) is 15.1. The summed E-state index contributed by atoms with van der Waals surface area (Å²) < 4.78 is 1.11. The molecule has 0 saturated heterocycles. The molecule has 0 atom stereocenters. The van der Waals surface area contributed by atoms with Crippen molar-refractivity contribution in [1.82, 2.24) is 4.98 Å². The number of carboxylic acids is 1. The van der Waals surface area contributed by atoms with E-state index in [0.717, 1.165) is 28.2 Å². The first-order chi connectivity index (χ1) is 8.24. The lowest BCUT2D eigenvalue weighted by Crippen LogP contribution is -2.31. The first-order valence-corrected chi connectivity index (χ1v) is 6.40. The van der Waals surface area contributed by atoms with Crippen LogP contribution in [0.25, 0.3) is 10.2 Å². The van der Waals surface area contributed by atoms with Crippen molar-refractivity contribution in [3.8, 4) is 0 Å². The van der Waals surface area contributed by atoms with E-state index in [2.05, 4.69) is 4.98 Å². The molecular formula is C12H12N2O2S. The van der Waals surface area contributed by atoms with Crippen LogP contribution in [0.3, 0.4) is 0 Å². The molecule has 0 spiro atoms. The number of rotatable bonds is 4. The lowest BCUT2D eigenvalue weighted by atomic mass is 10.3. The summed E-state index contributed by atoms with van der Waals surface area (Å²) >= 11 is 1.57. The number of carboxylic acid groups (broad SMARTS) is 1. The first-order valence-electron chi connectivity index (χ1n) is 5.58. The van der Waals surface area contributed by atoms with Crippen molar-refractivity contribution in [1.29, 1.82) is 0 Å². The molecule has 0 amide bonds. The summed E-state index contributed by atoms with van der Waals surface area (Å²) in [7, 11) is 0. The topological polar surface area (TPSA) is 53.4 Å². The van der Waals surface area contributed by atoms with Crippen LogP contribution in [0.5, 0.6) is 0 Å². The third-order valence-electron chi connectivity index (χ3n) is 2.82. The van der Waals surface area contributed by atoms with Crippen LogP contribution in [0.1, 0.15) is 12.8 Å². The molecule has 1 aromatic heterocycles. The van der Waals surface area contributed by atoms with Gasteiger partial charge in [0.25, 0.3) is 0 Å². The number of benzene rings is 1. The summed E-state index contributed by atoms with van der Waals surface area (Å²) in [6.07, 6.45) is 2.15. The van der Waals surface area contributed by atoms with Crippen molar-refractivity contribution in [2.75, 3.05) is 11.4 Å². The van der Waals surface area contributed by atoms with Gasteiger partial charge in [0.15, 0.2) is 5.13 Å². The van der Waals surface area contributed by atoms with Gasteiger partial charge in [0.05, 0.1) is 10.2 Å². The molecule has 1 N–H and O–H groups in total. The second-order valence-electron chi connectivity index (χ2n) is 4.22. The molecule has 0 aliphatic heterocycles. The van der Waals surface area contributed by atoms with Crippen LogP contribution in [-0.4, -0.2) is 28.6 Å². The zero-order valence-electron chi connectivity index (χ0n) is 9.17. The maximum Gasteiger partial charge on any atom is 0.323 e. The highest BCUT2D eigenvalue weighted by Crippen LogP contribution is 2.35. The SMILES string of the molecule is O=C(O)CN(c1nc2ccccc2s1)C1CC1. The maximum atomic E-state index is 10.9. The second kappa shape index (κ2) is 4.00. The van der Waals surface area contributed by atoms with Gasteiger partial charge in [-0.05, 0) is 25.0 Å². The van der Waals surface area contributed by atoms with Crippen LogP contribution in [0.2, 0.25) is 0 Å². The molecule has 88 valence electrons. The lowest BCUT2D eigenvalue weighted by molar-refractivity contribution is -0.135. The van der Waals surface area contributed by atoms with Gasteiger partial charge in [-0.3, -0.25) is 4.79 Å². The van der Waals surface area contributed by atoms with E-state index in [9.17, 15) is 4.79 Å². The molecule has 1 fully saturated rings. The number of carbonyl (C=O) groups is 1. The van der Waals surface area contributed by atoms with Crippen molar-refractivity contribution in [3.63, 3.8) is 0 Å². The molecule has 4 nitrogen and oxygen atoms in total. The zero-order valence-corrected chi connectivity index (χ0v) is 9.98. The number of nitrogens with zero attached hydrogens (tertiary/aromatic N) is 2. The molecule has 1 heterocycles. The molecule has 0 bridgehead atoms. The summed E-state index contributed by atoms with van der Waals surface area (Å²) in [4.78, 5) is 17.3. The van der Waals surface area contributed by atoms with E-state index < -0.39 is 5.97 Å². The highest BCUT2D eigenvalue weighted by atomic mass is 32.1. The van der Waals surface area contributed by atoms with Crippen LogP contribution < -0.4 is 4.90 Å². The second-order valence-corrected chi connectivity index (χ2v) is 5.23. The van der Waals surface area contributed by atoms with E-state index >= 15 is 0 Å². The van der Waals surface area contributed by atoms with Gasteiger partial charge >= 0.3 is 5.97 Å². The van der Waals surface area contributed by atoms with Gasteiger partial charge < -0.3 is 10.0 Å². The van der Waals surface area contributed by atoms with Crippen LogP contribution >= 0.6 is 11.3 Å². The van der Waals surface area contributed by atoms with E-state index in [4.69, 9.17) is 5.11 Å². The lowest BCUT2D eigenvalue weighted by Gasteiger charge is -2.18. The van der Waals surface area contributed by atoms with Gasteiger partial charge in [-0.25, -0.2) is 4.98 Å². The number of hydrogen-bond acceptors (Lipinski definition) is 4. The van der Waals surface area contributed by atoms with E-state index in [1.54, 1.807) is 11.3 Å². The quantitative estimate of drug-likeness (QED) is 0.902. The highest BCUT2D eigenvalue weighted by Gasteiger charge is 2.32. The highest BCUT2D eigenvalue weighted by molar-refractivity contribution is 7.22. The predicted octanol–water partition coefficient (Wildman–Crippen LogP) is 2.35. The van der Waals surface area contributed by atoms with Crippen molar-refractivity contribution in [2.45, 2.75) is 18.9 Å². The number of para-hydroxylation sites is 1. The Kier molecular flexibility index (Phi) is 2.48. The standard InChI is InChI=1S/C12H12N2O2S/c15-11(16)7-14(8-5-6-8)12-13-9-3-1-2-4-10(9)17-12/h1-4,8H,5-7H2,(H,15,16). The predicted molar refractivity (Wildman–Crippen MR) is 67.6 cm³/mol. The minimum atomic E-state index is -0.795. The Labute approximate surface area is 103 Å². The molecule has 5 heteroatoms. The Balaban J connectivity index is 1.96. The van der Waals surface area contributed by atoms with Crippen LogP contribution in [0, 0.1) is 0 Å². The molecule has 1 aliphatic carbocycles. The fourth-order valence-corrected chi connectivity index (χ4v) is 2.90. The molecule has 1 saturated carbocycles. The number of anilines is 1. The molecule has 0 radical (unpaired) electrons. The van der Waals surface area contributed by atoms with Gasteiger partial charge in [-0.1, -0.05) is 23.5 Å². The molecule has 1 aromatic carbocycles. The van der Waals surface area contributed by atoms with Crippen LogP contribution in [-0.2, 0) is 4.79 Å². The van der Waals surface area contributed by atoms with Gasteiger partial charge in [0.1, 0.15) is 6.54 Å². The van der Waals surface area contributed by atoms with Gasteiger partial charge in [0, 0.05) is 6.04 Å². The molecule has 3 rings (SSSR count). The fraction of sp³-hybridized carbons (Fsp3) is 0.333. The number of aliphatic carboxylic acids is 1. The third-order valence-corrected chi connectivity index (χ3v) is 3.90. The Morgan fingerprint density at radius 1 is 1.47 bits per heavy atom. The molecular weight excluding hydrogens is 236 g/mol. The minimum Gasteiger partial charge on any atom is -0.480 e. The maximum absolute atomic E-state index is 10.9. The van der Waals surface area contributed by atoms with Crippen LogP contribution in [0.15, 0.2) is 24.3 Å². The number of aromatic nitrogens is 1. The van der Waals surface area contributed by atoms with E-state index in [0.29, 0.717) is 6.04 Å². The first kappa shape index (κ1) is 10.5. The Hall–Kier alpha value is -1.62. The summed E-state index contributed by atoms with van der Waals surface area (Å²) in [5, 5.41) is 9.76.